The predicted octanol–water partition coefficient (Wildman–Crippen LogP) is 0.157. The van der Waals surface area contributed by atoms with Crippen LogP contribution in [0.4, 0.5) is 11.6 Å². The first-order chi connectivity index (χ1) is 11.6. The number of fused-ring (bicyclic) bond motifs is 2. The number of hydrogen-bond acceptors (Lipinski definition) is 7. The van der Waals surface area contributed by atoms with E-state index in [0.717, 1.165) is 46.8 Å². The lowest BCUT2D eigenvalue weighted by molar-refractivity contribution is 0.275. The normalized spacial score (nSPS) is 16.0. The summed E-state index contributed by atoms with van der Waals surface area (Å²) in [5.74, 6) is 1.81. The lowest BCUT2D eigenvalue weighted by Crippen LogP contribution is -2.27. The standard InChI is InChI=1S/C16H18BN5O2/c1-21-6-5-13-15(21)18-10-19-16(13)22(2)20-8-11-3-4-14-12(7-11)9-24-17(14)23/h3-4,7-8,10,23H,5-6,9H2,1-2H3/b20-8+. The minimum absolute atomic E-state index is 0.430. The number of benzene rings is 1. The van der Waals surface area contributed by atoms with Crippen LogP contribution in [0.3, 0.4) is 0 Å². The molecule has 0 aliphatic carbocycles. The minimum atomic E-state index is -0.811. The zero-order chi connectivity index (χ0) is 16.7. The van der Waals surface area contributed by atoms with Crippen molar-refractivity contribution in [3.8, 4) is 0 Å². The summed E-state index contributed by atoms with van der Waals surface area (Å²) >= 11 is 0. The molecule has 0 amide bonds. The van der Waals surface area contributed by atoms with E-state index >= 15 is 0 Å². The molecule has 2 aromatic rings. The molecule has 4 rings (SSSR count). The topological polar surface area (TPSA) is 74.1 Å². The van der Waals surface area contributed by atoms with E-state index in [0.29, 0.717) is 6.61 Å². The van der Waals surface area contributed by atoms with Crippen LogP contribution in [0.2, 0.25) is 0 Å². The third-order valence-electron chi connectivity index (χ3n) is 4.47. The summed E-state index contributed by atoms with van der Waals surface area (Å²) in [7, 11) is 3.11. The van der Waals surface area contributed by atoms with Gasteiger partial charge in [-0.2, -0.15) is 5.10 Å². The third-order valence-corrected chi connectivity index (χ3v) is 4.47. The average molecular weight is 323 g/mol. The molecule has 0 fully saturated rings. The minimum Gasteiger partial charge on any atom is -0.423 e. The Morgan fingerprint density at radius 2 is 2.29 bits per heavy atom. The van der Waals surface area contributed by atoms with Crippen molar-refractivity contribution in [2.75, 3.05) is 30.5 Å². The predicted molar refractivity (Wildman–Crippen MR) is 93.8 cm³/mol. The lowest BCUT2D eigenvalue weighted by atomic mass is 9.79. The van der Waals surface area contributed by atoms with Crippen LogP contribution in [0.5, 0.6) is 0 Å². The van der Waals surface area contributed by atoms with E-state index in [2.05, 4.69) is 20.0 Å². The van der Waals surface area contributed by atoms with E-state index < -0.39 is 7.12 Å². The average Bonchev–Trinajstić information content (AvgIpc) is 3.16. The van der Waals surface area contributed by atoms with Crippen LogP contribution >= 0.6 is 0 Å². The number of likely N-dealkylation sites (N-methyl/N-ethyl adjacent to an activating group) is 1. The maximum absolute atomic E-state index is 9.67. The molecular weight excluding hydrogens is 305 g/mol. The van der Waals surface area contributed by atoms with Crippen molar-refractivity contribution < 1.29 is 9.68 Å². The molecule has 0 radical (unpaired) electrons. The van der Waals surface area contributed by atoms with Gasteiger partial charge in [0.1, 0.15) is 12.1 Å². The van der Waals surface area contributed by atoms with Gasteiger partial charge in [0.25, 0.3) is 0 Å². The fourth-order valence-corrected chi connectivity index (χ4v) is 3.15. The highest BCUT2D eigenvalue weighted by Crippen LogP contribution is 2.30. The van der Waals surface area contributed by atoms with Crippen LogP contribution in [-0.2, 0) is 17.7 Å². The number of hydrazone groups is 1. The van der Waals surface area contributed by atoms with Crippen molar-refractivity contribution in [2.45, 2.75) is 13.0 Å². The van der Waals surface area contributed by atoms with Gasteiger partial charge < -0.3 is 14.6 Å². The van der Waals surface area contributed by atoms with Gasteiger partial charge in [0.15, 0.2) is 5.82 Å². The Morgan fingerprint density at radius 3 is 3.17 bits per heavy atom. The highest BCUT2D eigenvalue weighted by molar-refractivity contribution is 6.61. The molecule has 1 aromatic carbocycles. The molecule has 1 N–H and O–H groups in total. The molecule has 0 saturated carbocycles. The van der Waals surface area contributed by atoms with Gasteiger partial charge >= 0.3 is 7.12 Å². The molecule has 122 valence electrons. The first-order valence-electron chi connectivity index (χ1n) is 7.88. The Kier molecular flexibility index (Phi) is 3.70. The molecule has 0 spiro atoms. The van der Waals surface area contributed by atoms with Gasteiger partial charge in [-0.15, -0.1) is 0 Å². The first-order valence-corrected chi connectivity index (χ1v) is 7.88. The van der Waals surface area contributed by atoms with Crippen LogP contribution in [-0.4, -0.2) is 49.0 Å². The number of nitrogens with zero attached hydrogens (tertiary/aromatic N) is 5. The SMILES string of the molecule is CN1CCc2c1ncnc2N(C)/N=C/c1ccc2c(c1)COB2O. The summed E-state index contributed by atoms with van der Waals surface area (Å²) in [5, 5.41) is 16.0. The summed E-state index contributed by atoms with van der Waals surface area (Å²) in [6.07, 6.45) is 4.30. The highest BCUT2D eigenvalue weighted by atomic mass is 16.5. The third kappa shape index (κ3) is 2.53. The van der Waals surface area contributed by atoms with Gasteiger partial charge in [0.05, 0.1) is 12.8 Å². The fourth-order valence-electron chi connectivity index (χ4n) is 3.15. The van der Waals surface area contributed by atoms with Gasteiger partial charge in [0.2, 0.25) is 0 Å². The molecule has 0 atom stereocenters. The zero-order valence-corrected chi connectivity index (χ0v) is 13.7. The summed E-state index contributed by atoms with van der Waals surface area (Å²) in [6.45, 7) is 1.38. The van der Waals surface area contributed by atoms with Crippen molar-refractivity contribution in [2.24, 2.45) is 5.10 Å². The van der Waals surface area contributed by atoms with Gasteiger partial charge in [0, 0.05) is 26.2 Å². The molecule has 0 bridgehead atoms. The Bertz CT molecular complexity index is 813. The van der Waals surface area contributed by atoms with E-state index in [9.17, 15) is 5.02 Å². The smallest absolute Gasteiger partial charge is 0.423 e. The summed E-state index contributed by atoms with van der Waals surface area (Å²) in [6, 6.07) is 5.79. The van der Waals surface area contributed by atoms with Crippen molar-refractivity contribution in [3.63, 3.8) is 0 Å². The quantitative estimate of drug-likeness (QED) is 0.493. The molecule has 2 aliphatic heterocycles. The van der Waals surface area contributed by atoms with Crippen molar-refractivity contribution >= 4 is 30.4 Å². The molecule has 1 aromatic heterocycles. The second-order valence-corrected chi connectivity index (χ2v) is 6.06. The molecule has 0 unspecified atom stereocenters. The number of rotatable bonds is 3. The van der Waals surface area contributed by atoms with Crippen molar-refractivity contribution in [1.82, 2.24) is 9.97 Å². The largest absolute Gasteiger partial charge is 0.491 e. The molecular formula is C16H18BN5O2. The van der Waals surface area contributed by atoms with E-state index in [1.807, 2.05) is 32.3 Å². The Morgan fingerprint density at radius 1 is 1.42 bits per heavy atom. The highest BCUT2D eigenvalue weighted by Gasteiger charge is 2.27. The summed E-state index contributed by atoms with van der Waals surface area (Å²) < 4.78 is 5.21. The molecule has 7 nitrogen and oxygen atoms in total. The van der Waals surface area contributed by atoms with Gasteiger partial charge in [-0.25, -0.2) is 9.97 Å². The summed E-state index contributed by atoms with van der Waals surface area (Å²) in [5.41, 5.74) is 3.92. The van der Waals surface area contributed by atoms with Crippen molar-refractivity contribution in [1.29, 1.82) is 0 Å². The molecule has 0 saturated heterocycles. The van der Waals surface area contributed by atoms with Gasteiger partial charge in [-0.3, -0.25) is 5.01 Å². The van der Waals surface area contributed by atoms with Gasteiger partial charge in [-0.1, -0.05) is 12.1 Å². The lowest BCUT2D eigenvalue weighted by Gasteiger charge is -2.16. The zero-order valence-electron chi connectivity index (χ0n) is 13.7. The van der Waals surface area contributed by atoms with Crippen LogP contribution in [0.15, 0.2) is 29.6 Å². The van der Waals surface area contributed by atoms with E-state index in [4.69, 9.17) is 4.65 Å². The van der Waals surface area contributed by atoms with Gasteiger partial charge in [-0.05, 0) is 29.1 Å². The second kappa shape index (κ2) is 5.88. The van der Waals surface area contributed by atoms with Crippen LogP contribution in [0.25, 0.3) is 0 Å². The van der Waals surface area contributed by atoms with Crippen LogP contribution < -0.4 is 15.4 Å². The van der Waals surface area contributed by atoms with Crippen molar-refractivity contribution in [3.05, 3.63) is 41.2 Å². The molecule has 2 aliphatic rings. The maximum Gasteiger partial charge on any atom is 0.491 e. The summed E-state index contributed by atoms with van der Waals surface area (Å²) in [4.78, 5) is 10.9. The van der Waals surface area contributed by atoms with E-state index in [-0.39, 0.29) is 0 Å². The number of hydrogen-bond donors (Lipinski definition) is 1. The number of anilines is 2. The Labute approximate surface area is 140 Å². The second-order valence-electron chi connectivity index (χ2n) is 6.06. The number of aromatic nitrogens is 2. The fraction of sp³-hybridized carbons (Fsp3) is 0.312. The molecule has 3 heterocycles. The Balaban J connectivity index is 1.57. The van der Waals surface area contributed by atoms with Crippen LogP contribution in [0, 0.1) is 0 Å². The maximum atomic E-state index is 9.67. The molecule has 8 heteroatoms. The van der Waals surface area contributed by atoms with E-state index in [1.165, 1.54) is 0 Å². The molecule has 24 heavy (non-hydrogen) atoms. The van der Waals surface area contributed by atoms with E-state index in [1.54, 1.807) is 17.6 Å². The first kappa shape index (κ1) is 15.1. The Hall–Kier alpha value is -2.45. The monoisotopic (exact) mass is 323 g/mol. The van der Waals surface area contributed by atoms with Crippen LogP contribution in [0.1, 0.15) is 16.7 Å².